The highest BCUT2D eigenvalue weighted by atomic mass is 16.5. The molecule has 0 saturated heterocycles. The Hall–Kier alpha value is -3.85. The molecule has 0 aliphatic rings. The first-order valence-corrected chi connectivity index (χ1v) is 11.4. The number of ketones is 1. The van der Waals surface area contributed by atoms with Crippen LogP contribution in [-0.2, 0) is 0 Å². The van der Waals surface area contributed by atoms with E-state index >= 15 is 0 Å². The molecular weight excluding hydrogens is 420 g/mol. The van der Waals surface area contributed by atoms with E-state index in [9.17, 15) is 4.79 Å². The van der Waals surface area contributed by atoms with Crippen molar-refractivity contribution in [3.05, 3.63) is 106 Å². The smallest absolute Gasteiger partial charge is 0.194 e. The maximum absolute atomic E-state index is 14.2. The number of hydrogen-bond acceptors (Lipinski definition) is 3. The van der Waals surface area contributed by atoms with Gasteiger partial charge < -0.3 is 9.47 Å². The number of ether oxygens (including phenoxy) is 2. The number of carbonyl (C=O) groups is 1. The Bertz CT molecular complexity index is 1250. The third-order valence-electron chi connectivity index (χ3n) is 5.97. The molecule has 0 spiro atoms. The topological polar surface area (TPSA) is 35.5 Å². The molecule has 3 nitrogen and oxygen atoms in total. The average Bonchev–Trinajstić information content (AvgIpc) is 2.81. The summed E-state index contributed by atoms with van der Waals surface area (Å²) in [4.78, 5) is 14.2. The lowest BCUT2D eigenvalue weighted by atomic mass is 9.86. The van der Waals surface area contributed by atoms with Gasteiger partial charge >= 0.3 is 0 Å². The molecule has 0 amide bonds. The van der Waals surface area contributed by atoms with Gasteiger partial charge in [0.1, 0.15) is 11.5 Å². The van der Waals surface area contributed by atoms with Crippen LogP contribution in [0.1, 0.15) is 38.2 Å². The Morgan fingerprint density at radius 2 is 1.00 bits per heavy atom. The summed E-state index contributed by atoms with van der Waals surface area (Å²) < 4.78 is 10.9. The summed E-state index contributed by atoms with van der Waals surface area (Å²) in [6.07, 6.45) is 0. The molecule has 0 saturated carbocycles. The second-order valence-corrected chi connectivity index (χ2v) is 8.91. The molecule has 0 N–H and O–H groups in total. The molecule has 4 rings (SSSR count). The summed E-state index contributed by atoms with van der Waals surface area (Å²) in [5.41, 5.74) is 9.73. The number of rotatable bonds is 6. The van der Waals surface area contributed by atoms with E-state index in [0.29, 0.717) is 22.6 Å². The minimum absolute atomic E-state index is 0.0684. The van der Waals surface area contributed by atoms with E-state index in [1.807, 2.05) is 18.2 Å². The Morgan fingerprint density at radius 3 is 1.38 bits per heavy atom. The number of benzene rings is 4. The summed E-state index contributed by atoms with van der Waals surface area (Å²) in [6.45, 7) is 8.33. The van der Waals surface area contributed by atoms with Crippen LogP contribution in [0.25, 0.3) is 22.3 Å². The molecule has 172 valence electrons. The van der Waals surface area contributed by atoms with Crippen molar-refractivity contribution in [2.24, 2.45) is 0 Å². The molecule has 0 bridgehead atoms. The van der Waals surface area contributed by atoms with Gasteiger partial charge in [-0.3, -0.25) is 4.79 Å². The standard InChI is InChI=1S/C31H30O3/c1-19-10-20(2)13-23(12-19)28-8-7-9-29(24-14-21(3)11-22(4)15-24)30(28)31(32)25-16-26(33-5)18-27(17-25)34-6/h7-18H,1-6H3. The maximum atomic E-state index is 14.2. The van der Waals surface area contributed by atoms with Crippen molar-refractivity contribution in [1.82, 2.24) is 0 Å². The number of aryl methyl sites for hydroxylation is 4. The highest BCUT2D eigenvalue weighted by Crippen LogP contribution is 2.37. The van der Waals surface area contributed by atoms with Crippen LogP contribution in [-0.4, -0.2) is 20.0 Å². The van der Waals surface area contributed by atoms with Crippen LogP contribution in [0.2, 0.25) is 0 Å². The Kier molecular flexibility index (Phi) is 6.56. The summed E-state index contributed by atoms with van der Waals surface area (Å²) in [6, 6.07) is 24.2. The van der Waals surface area contributed by atoms with Gasteiger partial charge in [0, 0.05) is 17.2 Å². The van der Waals surface area contributed by atoms with Gasteiger partial charge in [-0.2, -0.15) is 0 Å². The van der Waals surface area contributed by atoms with Crippen molar-refractivity contribution in [1.29, 1.82) is 0 Å². The molecule has 0 aromatic heterocycles. The Balaban J connectivity index is 2.03. The van der Waals surface area contributed by atoms with Gasteiger partial charge in [0.25, 0.3) is 0 Å². The van der Waals surface area contributed by atoms with Gasteiger partial charge in [0.15, 0.2) is 5.78 Å². The lowest BCUT2D eigenvalue weighted by molar-refractivity contribution is 0.103. The lowest BCUT2D eigenvalue weighted by Gasteiger charge is -2.17. The van der Waals surface area contributed by atoms with Gasteiger partial charge in [-0.15, -0.1) is 0 Å². The van der Waals surface area contributed by atoms with Crippen molar-refractivity contribution in [2.45, 2.75) is 27.7 Å². The SMILES string of the molecule is COc1cc(OC)cc(C(=O)c2c(-c3cc(C)cc(C)c3)cccc2-c2cc(C)cc(C)c2)c1. The summed E-state index contributed by atoms with van der Waals surface area (Å²) in [5.74, 6) is 1.10. The largest absolute Gasteiger partial charge is 0.497 e. The molecule has 3 heteroatoms. The molecule has 34 heavy (non-hydrogen) atoms. The lowest BCUT2D eigenvalue weighted by Crippen LogP contribution is -2.07. The number of hydrogen-bond donors (Lipinski definition) is 0. The first kappa shape index (κ1) is 23.3. The molecule has 0 radical (unpaired) electrons. The minimum Gasteiger partial charge on any atom is -0.497 e. The van der Waals surface area contributed by atoms with Gasteiger partial charge in [0.05, 0.1) is 14.2 Å². The van der Waals surface area contributed by atoms with Crippen LogP contribution >= 0.6 is 0 Å². The molecular formula is C31H30O3. The zero-order valence-electron chi connectivity index (χ0n) is 20.7. The van der Waals surface area contributed by atoms with Gasteiger partial charge in [-0.05, 0) is 62.1 Å². The zero-order chi connectivity index (χ0) is 24.4. The molecule has 0 atom stereocenters. The second kappa shape index (κ2) is 9.56. The third kappa shape index (κ3) is 4.74. The van der Waals surface area contributed by atoms with Crippen LogP contribution < -0.4 is 9.47 Å². The predicted molar refractivity (Wildman–Crippen MR) is 139 cm³/mol. The van der Waals surface area contributed by atoms with Crippen molar-refractivity contribution in [3.8, 4) is 33.8 Å². The predicted octanol–water partition coefficient (Wildman–Crippen LogP) is 7.50. The first-order chi connectivity index (χ1) is 16.3. The molecule has 0 unspecified atom stereocenters. The van der Waals surface area contributed by atoms with E-state index < -0.39 is 0 Å². The van der Waals surface area contributed by atoms with Crippen molar-refractivity contribution >= 4 is 5.78 Å². The Labute approximate surface area is 202 Å². The molecule has 0 heterocycles. The fourth-order valence-electron chi connectivity index (χ4n) is 4.62. The molecule has 0 aliphatic carbocycles. The van der Waals surface area contributed by atoms with E-state index in [1.54, 1.807) is 32.4 Å². The van der Waals surface area contributed by atoms with Crippen LogP contribution in [0.5, 0.6) is 11.5 Å². The molecule has 0 fully saturated rings. The van der Waals surface area contributed by atoms with E-state index in [0.717, 1.165) is 44.5 Å². The second-order valence-electron chi connectivity index (χ2n) is 8.91. The van der Waals surface area contributed by atoms with Gasteiger partial charge in [-0.1, -0.05) is 76.9 Å². The fourth-order valence-corrected chi connectivity index (χ4v) is 4.62. The van der Waals surface area contributed by atoms with Crippen LogP contribution in [0.3, 0.4) is 0 Å². The summed E-state index contributed by atoms with van der Waals surface area (Å²) in [7, 11) is 3.18. The minimum atomic E-state index is -0.0684. The van der Waals surface area contributed by atoms with Crippen molar-refractivity contribution < 1.29 is 14.3 Å². The fraction of sp³-hybridized carbons (Fsp3) is 0.194. The van der Waals surface area contributed by atoms with Crippen molar-refractivity contribution in [2.75, 3.05) is 14.2 Å². The number of carbonyl (C=O) groups excluding carboxylic acids is 1. The van der Waals surface area contributed by atoms with Crippen molar-refractivity contribution in [3.63, 3.8) is 0 Å². The number of methoxy groups -OCH3 is 2. The third-order valence-corrected chi connectivity index (χ3v) is 5.97. The highest BCUT2D eigenvalue weighted by molar-refractivity contribution is 6.17. The highest BCUT2D eigenvalue weighted by Gasteiger charge is 2.22. The van der Waals surface area contributed by atoms with E-state index in [1.165, 1.54) is 0 Å². The van der Waals surface area contributed by atoms with E-state index in [-0.39, 0.29) is 5.78 Å². The zero-order valence-corrected chi connectivity index (χ0v) is 20.7. The quantitative estimate of drug-likeness (QED) is 0.285. The molecule has 4 aromatic rings. The van der Waals surface area contributed by atoms with Gasteiger partial charge in [-0.25, -0.2) is 0 Å². The van der Waals surface area contributed by atoms with Crippen LogP contribution in [0.15, 0.2) is 72.8 Å². The van der Waals surface area contributed by atoms with Crippen LogP contribution in [0.4, 0.5) is 0 Å². The summed E-state index contributed by atoms with van der Waals surface area (Å²) >= 11 is 0. The van der Waals surface area contributed by atoms with Crippen LogP contribution in [0, 0.1) is 27.7 Å². The van der Waals surface area contributed by atoms with Gasteiger partial charge in [0.2, 0.25) is 0 Å². The monoisotopic (exact) mass is 450 g/mol. The van der Waals surface area contributed by atoms with E-state index in [4.69, 9.17) is 9.47 Å². The first-order valence-electron chi connectivity index (χ1n) is 11.4. The van der Waals surface area contributed by atoms with E-state index in [2.05, 4.69) is 64.1 Å². The molecule has 0 aliphatic heterocycles. The normalized spacial score (nSPS) is 10.8. The maximum Gasteiger partial charge on any atom is 0.194 e. The molecule has 4 aromatic carbocycles. The Morgan fingerprint density at radius 1 is 0.588 bits per heavy atom. The summed E-state index contributed by atoms with van der Waals surface area (Å²) in [5, 5.41) is 0. The average molecular weight is 451 g/mol.